The van der Waals surface area contributed by atoms with E-state index in [0.29, 0.717) is 12.5 Å². The van der Waals surface area contributed by atoms with Crippen LogP contribution in [-0.4, -0.2) is 16.5 Å². The van der Waals surface area contributed by atoms with Gasteiger partial charge in [-0.2, -0.15) is 0 Å². The summed E-state index contributed by atoms with van der Waals surface area (Å²) in [5.74, 6) is 0.190. The molecule has 0 aliphatic heterocycles. The highest BCUT2D eigenvalue weighted by molar-refractivity contribution is 5.76. The average molecular weight is 206 g/mol. The van der Waals surface area contributed by atoms with Crippen LogP contribution in [0, 0.1) is 0 Å². The van der Waals surface area contributed by atoms with Crippen molar-refractivity contribution in [2.75, 3.05) is 0 Å². The second-order valence-electron chi connectivity index (χ2n) is 4.22. The van der Waals surface area contributed by atoms with Crippen LogP contribution in [0.3, 0.4) is 0 Å². The molecule has 0 bridgehead atoms. The third-order valence-corrected chi connectivity index (χ3v) is 2.98. The fourth-order valence-electron chi connectivity index (χ4n) is 2.12. The molecule has 1 aliphatic carbocycles. The Kier molecular flexibility index (Phi) is 3.43. The average Bonchev–Trinajstić information content (AvgIpc) is 2.86. The minimum absolute atomic E-state index is 0.190. The Labute approximate surface area is 90.5 Å². The molecule has 1 saturated carbocycles. The molecule has 1 N–H and O–H groups in total. The Morgan fingerprint density at radius 2 is 1.93 bits per heavy atom. The maximum Gasteiger partial charge on any atom is 0.222 e. The van der Waals surface area contributed by atoms with Crippen molar-refractivity contribution in [2.24, 2.45) is 0 Å². The van der Waals surface area contributed by atoms with E-state index in [1.807, 2.05) is 29.1 Å². The summed E-state index contributed by atoms with van der Waals surface area (Å²) in [5.41, 5.74) is 0. The normalized spacial score (nSPS) is 16.8. The second-order valence-corrected chi connectivity index (χ2v) is 4.22. The molecule has 1 aromatic heterocycles. The van der Waals surface area contributed by atoms with E-state index >= 15 is 0 Å². The Bertz CT molecular complexity index is 299. The molecule has 15 heavy (non-hydrogen) atoms. The molecule has 1 heterocycles. The van der Waals surface area contributed by atoms with E-state index in [1.165, 1.54) is 12.8 Å². The molecule has 0 saturated heterocycles. The van der Waals surface area contributed by atoms with Crippen LogP contribution in [0.25, 0.3) is 0 Å². The molecule has 0 spiro atoms. The lowest BCUT2D eigenvalue weighted by atomic mass is 10.2. The first-order valence-corrected chi connectivity index (χ1v) is 5.75. The smallest absolute Gasteiger partial charge is 0.222 e. The van der Waals surface area contributed by atoms with Crippen molar-refractivity contribution in [1.82, 2.24) is 9.88 Å². The van der Waals surface area contributed by atoms with E-state index in [2.05, 4.69) is 5.32 Å². The van der Waals surface area contributed by atoms with E-state index < -0.39 is 0 Å². The van der Waals surface area contributed by atoms with Gasteiger partial charge in [0.15, 0.2) is 0 Å². The van der Waals surface area contributed by atoms with Crippen molar-refractivity contribution in [2.45, 2.75) is 44.7 Å². The third-order valence-electron chi connectivity index (χ3n) is 2.98. The number of carbonyl (C=O) groups excluding carboxylic acids is 1. The number of nitrogens with zero attached hydrogens (tertiary/aromatic N) is 1. The van der Waals surface area contributed by atoms with E-state index in [1.54, 1.807) is 0 Å². The predicted molar refractivity (Wildman–Crippen MR) is 59.4 cm³/mol. The number of hydrogen-bond donors (Lipinski definition) is 1. The first kappa shape index (κ1) is 10.3. The topological polar surface area (TPSA) is 34.0 Å². The van der Waals surface area contributed by atoms with Gasteiger partial charge in [0, 0.05) is 31.4 Å². The van der Waals surface area contributed by atoms with Gasteiger partial charge in [-0.05, 0) is 25.0 Å². The lowest BCUT2D eigenvalue weighted by Crippen LogP contribution is -2.32. The van der Waals surface area contributed by atoms with Crippen LogP contribution in [0.4, 0.5) is 0 Å². The summed E-state index contributed by atoms with van der Waals surface area (Å²) in [4.78, 5) is 11.6. The molecular weight excluding hydrogens is 188 g/mol. The minimum atomic E-state index is 0.190. The first-order valence-electron chi connectivity index (χ1n) is 5.75. The molecule has 3 nitrogen and oxygen atoms in total. The Hall–Kier alpha value is -1.25. The SMILES string of the molecule is O=C(CCn1cccc1)NC1CCCC1. The molecule has 0 aromatic carbocycles. The lowest BCUT2D eigenvalue weighted by Gasteiger charge is -2.11. The van der Waals surface area contributed by atoms with Gasteiger partial charge in [-0.1, -0.05) is 12.8 Å². The fraction of sp³-hybridized carbons (Fsp3) is 0.583. The number of hydrogen-bond acceptors (Lipinski definition) is 1. The van der Waals surface area contributed by atoms with Crippen LogP contribution in [0.5, 0.6) is 0 Å². The number of rotatable bonds is 4. The van der Waals surface area contributed by atoms with Crippen molar-refractivity contribution in [3.63, 3.8) is 0 Å². The van der Waals surface area contributed by atoms with Crippen LogP contribution in [0.2, 0.25) is 0 Å². The standard InChI is InChI=1S/C12H18N2O/c15-12(13-11-5-1-2-6-11)7-10-14-8-3-4-9-14/h3-4,8-9,11H,1-2,5-7,10H2,(H,13,15). The second kappa shape index (κ2) is 5.01. The summed E-state index contributed by atoms with van der Waals surface area (Å²) in [6.45, 7) is 0.783. The monoisotopic (exact) mass is 206 g/mol. The lowest BCUT2D eigenvalue weighted by molar-refractivity contribution is -0.122. The van der Waals surface area contributed by atoms with Crippen molar-refractivity contribution in [1.29, 1.82) is 0 Å². The Morgan fingerprint density at radius 1 is 1.27 bits per heavy atom. The molecule has 3 heteroatoms. The maximum atomic E-state index is 11.6. The summed E-state index contributed by atoms with van der Waals surface area (Å²) in [7, 11) is 0. The van der Waals surface area contributed by atoms with E-state index in [4.69, 9.17) is 0 Å². The zero-order chi connectivity index (χ0) is 10.5. The van der Waals surface area contributed by atoms with Crippen LogP contribution < -0.4 is 5.32 Å². The molecule has 82 valence electrons. The van der Waals surface area contributed by atoms with Gasteiger partial charge in [0.2, 0.25) is 5.91 Å². The van der Waals surface area contributed by atoms with Gasteiger partial charge < -0.3 is 9.88 Å². The fourth-order valence-corrected chi connectivity index (χ4v) is 2.12. The van der Waals surface area contributed by atoms with E-state index in [9.17, 15) is 4.79 Å². The highest BCUT2D eigenvalue weighted by atomic mass is 16.1. The van der Waals surface area contributed by atoms with Crippen molar-refractivity contribution in [3.8, 4) is 0 Å². The first-order chi connectivity index (χ1) is 7.34. The highest BCUT2D eigenvalue weighted by Crippen LogP contribution is 2.17. The summed E-state index contributed by atoms with van der Waals surface area (Å²) in [5, 5.41) is 3.09. The quantitative estimate of drug-likeness (QED) is 0.802. The van der Waals surface area contributed by atoms with E-state index in [-0.39, 0.29) is 5.91 Å². The highest BCUT2D eigenvalue weighted by Gasteiger charge is 2.16. The molecule has 0 atom stereocenters. The predicted octanol–water partition coefficient (Wildman–Crippen LogP) is 1.94. The Balaban J connectivity index is 1.68. The summed E-state index contributed by atoms with van der Waals surface area (Å²) in [6, 6.07) is 4.41. The van der Waals surface area contributed by atoms with Gasteiger partial charge >= 0.3 is 0 Å². The van der Waals surface area contributed by atoms with Crippen molar-refractivity contribution < 1.29 is 4.79 Å². The van der Waals surface area contributed by atoms with Gasteiger partial charge in [-0.3, -0.25) is 4.79 Å². The Morgan fingerprint density at radius 3 is 2.60 bits per heavy atom. The van der Waals surface area contributed by atoms with Gasteiger partial charge in [0.05, 0.1) is 0 Å². The molecule has 0 unspecified atom stereocenters. The zero-order valence-electron chi connectivity index (χ0n) is 8.98. The minimum Gasteiger partial charge on any atom is -0.354 e. The number of aromatic nitrogens is 1. The van der Waals surface area contributed by atoms with Crippen molar-refractivity contribution in [3.05, 3.63) is 24.5 Å². The van der Waals surface area contributed by atoms with Crippen LogP contribution in [-0.2, 0) is 11.3 Å². The van der Waals surface area contributed by atoms with Crippen LogP contribution >= 0.6 is 0 Å². The number of carbonyl (C=O) groups is 1. The molecular formula is C12H18N2O. The number of aryl methyl sites for hydroxylation is 1. The molecule has 1 amide bonds. The zero-order valence-corrected chi connectivity index (χ0v) is 8.98. The van der Waals surface area contributed by atoms with Gasteiger partial charge in [-0.25, -0.2) is 0 Å². The molecule has 1 aromatic rings. The summed E-state index contributed by atoms with van der Waals surface area (Å²) < 4.78 is 2.04. The van der Waals surface area contributed by atoms with Gasteiger partial charge in [0.25, 0.3) is 0 Å². The number of amides is 1. The summed E-state index contributed by atoms with van der Waals surface area (Å²) >= 11 is 0. The van der Waals surface area contributed by atoms with Gasteiger partial charge in [0.1, 0.15) is 0 Å². The third kappa shape index (κ3) is 3.11. The van der Waals surface area contributed by atoms with Gasteiger partial charge in [-0.15, -0.1) is 0 Å². The van der Waals surface area contributed by atoms with Crippen molar-refractivity contribution >= 4 is 5.91 Å². The summed E-state index contributed by atoms with van der Waals surface area (Å²) in [6.07, 6.45) is 9.42. The molecule has 0 radical (unpaired) electrons. The maximum absolute atomic E-state index is 11.6. The van der Waals surface area contributed by atoms with E-state index in [0.717, 1.165) is 19.4 Å². The number of nitrogens with one attached hydrogen (secondary N) is 1. The molecule has 1 aliphatic rings. The molecule has 2 rings (SSSR count). The van der Waals surface area contributed by atoms with Crippen LogP contribution in [0.15, 0.2) is 24.5 Å². The molecule has 1 fully saturated rings. The largest absolute Gasteiger partial charge is 0.354 e. The van der Waals surface area contributed by atoms with Crippen LogP contribution in [0.1, 0.15) is 32.1 Å².